The fourth-order valence-electron chi connectivity index (χ4n) is 2.31. The highest BCUT2D eigenvalue weighted by Gasteiger charge is 2.24. The first-order valence-electron chi connectivity index (χ1n) is 6.74. The Labute approximate surface area is 104 Å². The molecule has 1 saturated heterocycles. The van der Waals surface area contributed by atoms with Crippen molar-refractivity contribution in [2.45, 2.75) is 46.1 Å². The Hall–Kier alpha value is -0.770. The van der Waals surface area contributed by atoms with Gasteiger partial charge in [-0.2, -0.15) is 0 Å². The van der Waals surface area contributed by atoms with Crippen molar-refractivity contribution in [3.63, 3.8) is 0 Å². The van der Waals surface area contributed by atoms with Crippen molar-refractivity contribution >= 4 is 6.03 Å². The molecular formula is C13H26N2O2. The molecule has 2 amide bonds. The predicted octanol–water partition coefficient (Wildman–Crippen LogP) is 1.83. The minimum absolute atomic E-state index is 0.0574. The minimum Gasteiger partial charge on any atom is -0.396 e. The summed E-state index contributed by atoms with van der Waals surface area (Å²) in [5.74, 6) is 0.852. The highest BCUT2D eigenvalue weighted by Crippen LogP contribution is 2.16. The van der Waals surface area contributed by atoms with Gasteiger partial charge in [0.15, 0.2) is 0 Å². The zero-order chi connectivity index (χ0) is 12.8. The van der Waals surface area contributed by atoms with Crippen LogP contribution >= 0.6 is 0 Å². The number of urea groups is 1. The summed E-state index contributed by atoms with van der Waals surface area (Å²) in [5, 5.41) is 12.1. The number of hydrogen-bond acceptors (Lipinski definition) is 2. The molecule has 0 aromatic carbocycles. The lowest BCUT2D eigenvalue weighted by atomic mass is 9.98. The summed E-state index contributed by atoms with van der Waals surface area (Å²) < 4.78 is 0. The summed E-state index contributed by atoms with van der Waals surface area (Å²) in [6, 6.07) is 0.319. The summed E-state index contributed by atoms with van der Waals surface area (Å²) in [7, 11) is 0. The summed E-state index contributed by atoms with van der Waals surface area (Å²) in [4.78, 5) is 13.9. The van der Waals surface area contributed by atoms with Gasteiger partial charge in [-0.05, 0) is 31.1 Å². The standard InChI is InChI=1S/C13H26N2O2/c1-4-12(10(2)3)14-13(17)15-7-5-11(9-16)6-8-15/h10-12,16H,4-9H2,1-3H3,(H,14,17)/t12-/m0/s1. The Morgan fingerprint density at radius 1 is 1.41 bits per heavy atom. The highest BCUT2D eigenvalue weighted by atomic mass is 16.3. The van der Waals surface area contributed by atoms with E-state index >= 15 is 0 Å². The largest absolute Gasteiger partial charge is 0.396 e. The van der Waals surface area contributed by atoms with Crippen LogP contribution < -0.4 is 5.32 Å². The second-order valence-corrected chi connectivity index (χ2v) is 5.32. The van der Waals surface area contributed by atoms with Crippen molar-refractivity contribution in [1.29, 1.82) is 0 Å². The van der Waals surface area contributed by atoms with E-state index < -0.39 is 0 Å². The number of amides is 2. The number of hydrogen-bond donors (Lipinski definition) is 2. The van der Waals surface area contributed by atoms with Gasteiger partial charge in [0.25, 0.3) is 0 Å². The van der Waals surface area contributed by atoms with Crippen molar-refractivity contribution in [2.75, 3.05) is 19.7 Å². The first kappa shape index (κ1) is 14.3. The van der Waals surface area contributed by atoms with Crippen LogP contribution in [0.4, 0.5) is 4.79 Å². The van der Waals surface area contributed by atoms with Crippen LogP contribution in [0.25, 0.3) is 0 Å². The van der Waals surface area contributed by atoms with E-state index in [0.717, 1.165) is 32.4 Å². The fraction of sp³-hybridized carbons (Fsp3) is 0.923. The molecule has 0 bridgehead atoms. The molecule has 1 atom stereocenters. The zero-order valence-electron chi connectivity index (χ0n) is 11.3. The molecule has 0 spiro atoms. The molecule has 0 aromatic rings. The van der Waals surface area contributed by atoms with E-state index in [2.05, 4.69) is 26.1 Å². The molecule has 4 heteroatoms. The van der Waals surface area contributed by atoms with Crippen LogP contribution in [0.15, 0.2) is 0 Å². The van der Waals surface area contributed by atoms with Gasteiger partial charge in [-0.1, -0.05) is 20.8 Å². The molecule has 1 fully saturated rings. The van der Waals surface area contributed by atoms with Crippen LogP contribution in [0.3, 0.4) is 0 Å². The third-order valence-corrected chi connectivity index (χ3v) is 3.71. The minimum atomic E-state index is 0.0574. The average Bonchev–Trinajstić information content (AvgIpc) is 2.35. The topological polar surface area (TPSA) is 52.6 Å². The number of nitrogens with one attached hydrogen (secondary N) is 1. The van der Waals surface area contributed by atoms with Crippen LogP contribution in [0.1, 0.15) is 40.0 Å². The number of piperidine rings is 1. The number of carbonyl (C=O) groups is 1. The molecule has 17 heavy (non-hydrogen) atoms. The van der Waals surface area contributed by atoms with Crippen LogP contribution in [-0.2, 0) is 0 Å². The first-order chi connectivity index (χ1) is 8.08. The lowest BCUT2D eigenvalue weighted by molar-refractivity contribution is 0.134. The molecule has 1 rings (SSSR count). The van der Waals surface area contributed by atoms with E-state index in [4.69, 9.17) is 5.11 Å². The molecule has 2 N–H and O–H groups in total. The van der Waals surface area contributed by atoms with Crippen LogP contribution in [-0.4, -0.2) is 41.8 Å². The van der Waals surface area contributed by atoms with Crippen LogP contribution in [0, 0.1) is 11.8 Å². The monoisotopic (exact) mass is 242 g/mol. The SMILES string of the molecule is CC[C@H](NC(=O)N1CCC(CO)CC1)C(C)C. The number of carbonyl (C=O) groups excluding carboxylic acids is 1. The normalized spacial score (nSPS) is 19.5. The Kier molecular flexibility index (Phi) is 5.75. The van der Waals surface area contributed by atoms with E-state index in [1.165, 1.54) is 0 Å². The summed E-state index contributed by atoms with van der Waals surface area (Å²) in [6.45, 7) is 8.15. The summed E-state index contributed by atoms with van der Waals surface area (Å²) in [6.07, 6.45) is 2.81. The Balaban J connectivity index is 2.38. The molecular weight excluding hydrogens is 216 g/mol. The molecule has 1 aliphatic rings. The maximum absolute atomic E-state index is 12.0. The lowest BCUT2D eigenvalue weighted by Gasteiger charge is -2.33. The molecule has 100 valence electrons. The van der Waals surface area contributed by atoms with Gasteiger partial charge in [-0.15, -0.1) is 0 Å². The quantitative estimate of drug-likeness (QED) is 0.790. The van der Waals surface area contributed by atoms with Gasteiger partial charge in [0.1, 0.15) is 0 Å². The van der Waals surface area contributed by atoms with E-state index in [9.17, 15) is 4.79 Å². The van der Waals surface area contributed by atoms with Crippen LogP contribution in [0.5, 0.6) is 0 Å². The maximum Gasteiger partial charge on any atom is 0.317 e. The van der Waals surface area contributed by atoms with Crippen molar-refractivity contribution in [3.8, 4) is 0 Å². The second-order valence-electron chi connectivity index (χ2n) is 5.32. The molecule has 0 aromatic heterocycles. The van der Waals surface area contributed by atoms with Crippen LogP contribution in [0.2, 0.25) is 0 Å². The van der Waals surface area contributed by atoms with Gasteiger partial charge in [-0.25, -0.2) is 4.79 Å². The third kappa shape index (κ3) is 4.19. The van der Waals surface area contributed by atoms with Gasteiger partial charge >= 0.3 is 6.03 Å². The van der Waals surface area contributed by atoms with Gasteiger partial charge < -0.3 is 15.3 Å². The van der Waals surface area contributed by atoms with E-state index in [-0.39, 0.29) is 18.7 Å². The second kappa shape index (κ2) is 6.84. The fourth-order valence-corrected chi connectivity index (χ4v) is 2.31. The van der Waals surface area contributed by atoms with E-state index in [0.29, 0.717) is 11.8 Å². The van der Waals surface area contributed by atoms with Crippen molar-refractivity contribution < 1.29 is 9.90 Å². The number of likely N-dealkylation sites (tertiary alicyclic amines) is 1. The van der Waals surface area contributed by atoms with Crippen molar-refractivity contribution in [1.82, 2.24) is 10.2 Å². The lowest BCUT2D eigenvalue weighted by Crippen LogP contribution is -2.49. The molecule has 1 heterocycles. The Morgan fingerprint density at radius 3 is 2.41 bits per heavy atom. The van der Waals surface area contributed by atoms with Crippen molar-refractivity contribution in [3.05, 3.63) is 0 Å². The Bertz CT molecular complexity index is 236. The summed E-state index contributed by atoms with van der Waals surface area (Å²) in [5.41, 5.74) is 0. The molecule has 0 saturated carbocycles. The Morgan fingerprint density at radius 2 is 2.00 bits per heavy atom. The number of aliphatic hydroxyl groups excluding tert-OH is 1. The smallest absolute Gasteiger partial charge is 0.317 e. The molecule has 1 aliphatic heterocycles. The highest BCUT2D eigenvalue weighted by molar-refractivity contribution is 5.74. The van der Waals surface area contributed by atoms with Gasteiger partial charge in [0.2, 0.25) is 0 Å². The van der Waals surface area contributed by atoms with E-state index in [1.807, 2.05) is 4.90 Å². The van der Waals surface area contributed by atoms with Gasteiger partial charge in [-0.3, -0.25) is 0 Å². The van der Waals surface area contributed by atoms with Gasteiger partial charge in [0, 0.05) is 25.7 Å². The van der Waals surface area contributed by atoms with E-state index in [1.54, 1.807) is 0 Å². The number of nitrogens with zero attached hydrogens (tertiary/aromatic N) is 1. The molecule has 0 aliphatic carbocycles. The predicted molar refractivity (Wildman–Crippen MR) is 68.8 cm³/mol. The van der Waals surface area contributed by atoms with Crippen molar-refractivity contribution in [2.24, 2.45) is 11.8 Å². The first-order valence-corrected chi connectivity index (χ1v) is 6.74. The zero-order valence-corrected chi connectivity index (χ0v) is 11.3. The van der Waals surface area contributed by atoms with Gasteiger partial charge in [0.05, 0.1) is 0 Å². The number of rotatable bonds is 4. The maximum atomic E-state index is 12.0. The molecule has 0 radical (unpaired) electrons. The molecule has 0 unspecified atom stereocenters. The third-order valence-electron chi connectivity index (χ3n) is 3.71. The summed E-state index contributed by atoms with van der Waals surface area (Å²) >= 11 is 0. The molecule has 4 nitrogen and oxygen atoms in total. The number of aliphatic hydroxyl groups is 1. The average molecular weight is 242 g/mol.